The second kappa shape index (κ2) is 54.2. The van der Waals surface area contributed by atoms with Crippen LogP contribution in [0.1, 0.15) is 213 Å². The molecule has 0 spiro atoms. The van der Waals surface area contributed by atoms with E-state index >= 15 is 0 Å². The molecule has 1 atom stereocenters. The van der Waals surface area contributed by atoms with Gasteiger partial charge in [-0.25, -0.2) is 0 Å². The van der Waals surface area contributed by atoms with E-state index in [4.69, 9.17) is 14.2 Å². The molecule has 0 rings (SSSR count). The standard InChI is InChI=1S/C61H96O6/c1-4-7-10-13-16-19-22-25-28-29-30-31-34-37-40-43-46-49-52-55-61(64)67-58(56-65-59(62)53-50-47-44-41-38-35-32-26-23-20-17-14-11-8-5-2)57-66-60(63)54-51-48-45-42-39-36-33-27-24-21-18-15-12-9-6-3/h7-8,10-11,16-17,19-21,24-26,28,30-32,37-38,40-41,46,49,58H,4-6,9,12-15,18,22-23,27,29,33-36,39,42-45,47-48,50-57H2,1-3H3/b10-7-,11-8-,19-16-,20-17-,24-21-,28-25-,31-30-,32-26-,40-37-,41-38-,49-46-/t58-/m1/s1. The van der Waals surface area contributed by atoms with Crippen molar-refractivity contribution in [1.29, 1.82) is 0 Å². The molecule has 0 heterocycles. The quantitative estimate of drug-likeness (QED) is 0.0262. The molecule has 0 amide bonds. The zero-order valence-corrected chi connectivity index (χ0v) is 42.9. The molecule has 0 unspecified atom stereocenters. The molecule has 0 N–H and O–H groups in total. The van der Waals surface area contributed by atoms with E-state index in [9.17, 15) is 14.4 Å². The SMILES string of the molecule is CC/C=C\C/C=C\C/C=C\C/C=C\C/C=C\C/C=C\CCC(=O)O[C@H](COC(=O)CCCC/C=C\C/C=C\C/C=C\C/C=C\CC)COC(=O)CCCCCCCCC/C=C\CCCCCC. The van der Waals surface area contributed by atoms with Crippen molar-refractivity contribution in [3.63, 3.8) is 0 Å². The third-order valence-electron chi connectivity index (χ3n) is 10.6. The maximum Gasteiger partial charge on any atom is 0.306 e. The smallest absolute Gasteiger partial charge is 0.306 e. The van der Waals surface area contributed by atoms with Gasteiger partial charge in [-0.2, -0.15) is 0 Å². The van der Waals surface area contributed by atoms with Crippen molar-refractivity contribution in [2.45, 2.75) is 219 Å². The van der Waals surface area contributed by atoms with Gasteiger partial charge in [0.1, 0.15) is 13.2 Å². The number of esters is 3. The topological polar surface area (TPSA) is 78.9 Å². The Hall–Kier alpha value is -4.45. The number of carbonyl (C=O) groups is 3. The van der Waals surface area contributed by atoms with Crippen LogP contribution in [0.15, 0.2) is 134 Å². The van der Waals surface area contributed by atoms with Crippen molar-refractivity contribution in [1.82, 2.24) is 0 Å². The number of hydrogen-bond acceptors (Lipinski definition) is 6. The maximum absolute atomic E-state index is 12.8. The lowest BCUT2D eigenvalue weighted by Crippen LogP contribution is -2.30. The summed E-state index contributed by atoms with van der Waals surface area (Å²) in [4.78, 5) is 38.0. The molecule has 6 heteroatoms. The first-order valence-electron chi connectivity index (χ1n) is 26.7. The second-order valence-corrected chi connectivity index (χ2v) is 17.0. The van der Waals surface area contributed by atoms with Crippen molar-refractivity contribution >= 4 is 17.9 Å². The Morgan fingerprint density at radius 3 is 1.01 bits per heavy atom. The molecule has 0 aromatic rings. The summed E-state index contributed by atoms with van der Waals surface area (Å²) in [7, 11) is 0. The zero-order valence-electron chi connectivity index (χ0n) is 42.9. The van der Waals surface area contributed by atoms with Crippen molar-refractivity contribution in [3.05, 3.63) is 134 Å². The van der Waals surface area contributed by atoms with Crippen LogP contribution in [-0.2, 0) is 28.6 Å². The average Bonchev–Trinajstić information content (AvgIpc) is 3.33. The summed E-state index contributed by atoms with van der Waals surface area (Å²) in [5, 5.41) is 0. The van der Waals surface area contributed by atoms with Crippen LogP contribution in [0.25, 0.3) is 0 Å². The molecular formula is C61H96O6. The van der Waals surface area contributed by atoms with Gasteiger partial charge in [-0.05, 0) is 122 Å². The van der Waals surface area contributed by atoms with Crippen LogP contribution < -0.4 is 0 Å². The third-order valence-corrected chi connectivity index (χ3v) is 10.6. The van der Waals surface area contributed by atoms with E-state index in [1.165, 1.54) is 64.2 Å². The molecule has 0 aliphatic heterocycles. The van der Waals surface area contributed by atoms with Crippen LogP contribution in [0.2, 0.25) is 0 Å². The van der Waals surface area contributed by atoms with E-state index in [1.54, 1.807) is 0 Å². The molecule has 0 aliphatic carbocycles. The van der Waals surface area contributed by atoms with Crippen LogP contribution in [-0.4, -0.2) is 37.2 Å². The Bertz CT molecular complexity index is 1480. The number of hydrogen-bond donors (Lipinski definition) is 0. The predicted molar refractivity (Wildman–Crippen MR) is 288 cm³/mol. The summed E-state index contributed by atoms with van der Waals surface area (Å²) in [6.45, 7) is 6.28. The van der Waals surface area contributed by atoms with Gasteiger partial charge in [0.15, 0.2) is 6.10 Å². The number of rotatable bonds is 46. The van der Waals surface area contributed by atoms with E-state index in [-0.39, 0.29) is 38.0 Å². The van der Waals surface area contributed by atoms with E-state index in [0.717, 1.165) is 96.3 Å². The normalized spacial score (nSPS) is 13.2. The highest BCUT2D eigenvalue weighted by Gasteiger charge is 2.19. The molecule has 0 saturated heterocycles. The van der Waals surface area contributed by atoms with Crippen molar-refractivity contribution in [2.24, 2.45) is 0 Å². The third kappa shape index (κ3) is 52.4. The van der Waals surface area contributed by atoms with Crippen molar-refractivity contribution in [2.75, 3.05) is 13.2 Å². The lowest BCUT2D eigenvalue weighted by Gasteiger charge is -2.18. The molecule has 0 saturated carbocycles. The lowest BCUT2D eigenvalue weighted by atomic mass is 10.1. The van der Waals surface area contributed by atoms with Gasteiger partial charge in [0.25, 0.3) is 0 Å². The van der Waals surface area contributed by atoms with Gasteiger partial charge in [0.05, 0.1) is 0 Å². The maximum atomic E-state index is 12.8. The lowest BCUT2D eigenvalue weighted by molar-refractivity contribution is -0.166. The van der Waals surface area contributed by atoms with E-state index < -0.39 is 12.1 Å². The van der Waals surface area contributed by atoms with Gasteiger partial charge >= 0.3 is 17.9 Å². The highest BCUT2D eigenvalue weighted by molar-refractivity contribution is 5.71. The molecule has 0 aromatic heterocycles. The predicted octanol–water partition coefficient (Wildman–Crippen LogP) is 17.9. The van der Waals surface area contributed by atoms with Gasteiger partial charge in [-0.3, -0.25) is 14.4 Å². The molecule has 0 radical (unpaired) electrons. The largest absolute Gasteiger partial charge is 0.462 e. The first-order chi connectivity index (χ1) is 33.0. The summed E-state index contributed by atoms with van der Waals surface area (Å²) < 4.78 is 16.7. The van der Waals surface area contributed by atoms with Gasteiger partial charge in [-0.15, -0.1) is 0 Å². The number of ether oxygens (including phenoxy) is 3. The molecule has 67 heavy (non-hydrogen) atoms. The Balaban J connectivity index is 4.60. The van der Waals surface area contributed by atoms with Crippen LogP contribution in [0, 0.1) is 0 Å². The zero-order chi connectivity index (χ0) is 48.6. The van der Waals surface area contributed by atoms with Crippen molar-refractivity contribution in [3.8, 4) is 0 Å². The summed E-state index contributed by atoms with van der Waals surface area (Å²) in [5.74, 6) is -1.07. The Kier molecular flexibility index (Phi) is 50.6. The summed E-state index contributed by atoms with van der Waals surface area (Å²) in [5.41, 5.74) is 0. The molecule has 0 aliphatic rings. The molecular weight excluding hydrogens is 829 g/mol. The molecule has 0 fully saturated rings. The Labute approximate surface area is 411 Å². The van der Waals surface area contributed by atoms with Gasteiger partial charge in [0, 0.05) is 19.3 Å². The minimum absolute atomic E-state index is 0.128. The monoisotopic (exact) mass is 925 g/mol. The van der Waals surface area contributed by atoms with Crippen LogP contribution >= 0.6 is 0 Å². The van der Waals surface area contributed by atoms with Crippen LogP contribution in [0.4, 0.5) is 0 Å². The molecule has 0 aromatic carbocycles. The van der Waals surface area contributed by atoms with Crippen LogP contribution in [0.3, 0.4) is 0 Å². The summed E-state index contributed by atoms with van der Waals surface area (Å²) in [6.07, 6.45) is 75.9. The second-order valence-electron chi connectivity index (χ2n) is 17.0. The van der Waals surface area contributed by atoms with E-state index in [2.05, 4.69) is 142 Å². The molecule has 6 nitrogen and oxygen atoms in total. The van der Waals surface area contributed by atoms with Crippen LogP contribution in [0.5, 0.6) is 0 Å². The fraction of sp³-hybridized carbons (Fsp3) is 0.590. The fourth-order valence-electron chi connectivity index (χ4n) is 6.69. The first kappa shape index (κ1) is 62.5. The number of allylic oxidation sites excluding steroid dienone is 22. The molecule has 376 valence electrons. The highest BCUT2D eigenvalue weighted by atomic mass is 16.6. The van der Waals surface area contributed by atoms with Gasteiger partial charge in [-0.1, -0.05) is 206 Å². The van der Waals surface area contributed by atoms with Gasteiger partial charge in [0.2, 0.25) is 0 Å². The summed E-state index contributed by atoms with van der Waals surface area (Å²) >= 11 is 0. The Morgan fingerprint density at radius 2 is 0.612 bits per heavy atom. The fourth-order valence-corrected chi connectivity index (χ4v) is 6.69. The van der Waals surface area contributed by atoms with E-state index in [0.29, 0.717) is 19.3 Å². The number of carbonyl (C=O) groups excluding carboxylic acids is 3. The highest BCUT2D eigenvalue weighted by Crippen LogP contribution is 2.12. The minimum Gasteiger partial charge on any atom is -0.462 e. The Morgan fingerprint density at radius 1 is 0.313 bits per heavy atom. The molecule has 0 bridgehead atoms. The first-order valence-corrected chi connectivity index (χ1v) is 26.7. The van der Waals surface area contributed by atoms with Crippen molar-refractivity contribution < 1.29 is 28.6 Å². The minimum atomic E-state index is -0.842. The van der Waals surface area contributed by atoms with E-state index in [1.807, 2.05) is 12.2 Å². The number of unbranched alkanes of at least 4 members (excludes halogenated alkanes) is 13. The summed E-state index contributed by atoms with van der Waals surface area (Å²) in [6, 6.07) is 0. The average molecular weight is 925 g/mol. The van der Waals surface area contributed by atoms with Gasteiger partial charge < -0.3 is 14.2 Å².